The first-order chi connectivity index (χ1) is 7.61. The SMILES string of the molecule is CC[C@H](C)NC(=O)CSc1ccc(Cl)cc1. The van der Waals surface area contributed by atoms with E-state index in [9.17, 15) is 4.79 Å². The number of carbonyl (C=O) groups excluding carboxylic acids is 1. The molecule has 0 aliphatic heterocycles. The number of halogens is 1. The molecule has 2 nitrogen and oxygen atoms in total. The molecule has 0 heterocycles. The molecule has 0 spiro atoms. The van der Waals surface area contributed by atoms with E-state index in [4.69, 9.17) is 11.6 Å². The first-order valence-electron chi connectivity index (χ1n) is 5.29. The van der Waals surface area contributed by atoms with Crippen molar-refractivity contribution in [2.24, 2.45) is 0 Å². The van der Waals surface area contributed by atoms with Gasteiger partial charge in [-0.15, -0.1) is 11.8 Å². The van der Waals surface area contributed by atoms with Crippen LogP contribution >= 0.6 is 23.4 Å². The molecule has 0 radical (unpaired) electrons. The maximum Gasteiger partial charge on any atom is 0.230 e. The predicted octanol–water partition coefficient (Wildman–Crippen LogP) is 3.35. The molecule has 0 saturated carbocycles. The summed E-state index contributed by atoms with van der Waals surface area (Å²) in [5.74, 6) is 0.528. The van der Waals surface area contributed by atoms with E-state index in [1.807, 2.05) is 31.2 Å². The third-order valence-corrected chi connectivity index (χ3v) is 3.47. The maximum absolute atomic E-state index is 11.5. The molecule has 4 heteroatoms. The fraction of sp³-hybridized carbons (Fsp3) is 0.417. The first kappa shape index (κ1) is 13.4. The number of hydrogen-bond donors (Lipinski definition) is 1. The van der Waals surface area contributed by atoms with Crippen molar-refractivity contribution < 1.29 is 4.79 Å². The lowest BCUT2D eigenvalue weighted by Gasteiger charge is -2.10. The van der Waals surface area contributed by atoms with Gasteiger partial charge >= 0.3 is 0 Å². The molecule has 1 aromatic carbocycles. The molecule has 0 aromatic heterocycles. The number of rotatable bonds is 5. The van der Waals surface area contributed by atoms with Crippen molar-refractivity contribution in [3.63, 3.8) is 0 Å². The van der Waals surface area contributed by atoms with Crippen LogP contribution in [0.15, 0.2) is 29.2 Å². The fourth-order valence-electron chi connectivity index (χ4n) is 1.10. The van der Waals surface area contributed by atoms with Gasteiger partial charge in [-0.25, -0.2) is 0 Å². The highest BCUT2D eigenvalue weighted by atomic mass is 35.5. The Hall–Kier alpha value is -0.670. The topological polar surface area (TPSA) is 29.1 Å². The van der Waals surface area contributed by atoms with Crippen molar-refractivity contribution in [2.45, 2.75) is 31.2 Å². The summed E-state index contributed by atoms with van der Waals surface area (Å²) >= 11 is 7.29. The molecule has 0 unspecified atom stereocenters. The molecule has 0 fully saturated rings. The third kappa shape index (κ3) is 4.90. The molecular weight excluding hydrogens is 242 g/mol. The van der Waals surface area contributed by atoms with Crippen LogP contribution in [0.5, 0.6) is 0 Å². The van der Waals surface area contributed by atoms with E-state index in [1.165, 1.54) is 11.8 Å². The van der Waals surface area contributed by atoms with Crippen molar-refractivity contribution in [3.8, 4) is 0 Å². The highest BCUT2D eigenvalue weighted by Gasteiger charge is 2.05. The summed E-state index contributed by atoms with van der Waals surface area (Å²) in [4.78, 5) is 12.6. The second-order valence-corrected chi connectivity index (χ2v) is 5.10. The quantitative estimate of drug-likeness (QED) is 0.820. The Morgan fingerprint density at radius 1 is 1.44 bits per heavy atom. The molecule has 88 valence electrons. The van der Waals surface area contributed by atoms with E-state index >= 15 is 0 Å². The summed E-state index contributed by atoms with van der Waals surface area (Å²) in [5.41, 5.74) is 0. The summed E-state index contributed by atoms with van der Waals surface area (Å²) in [7, 11) is 0. The van der Waals surface area contributed by atoms with Gasteiger partial charge in [0.25, 0.3) is 0 Å². The minimum atomic E-state index is 0.0781. The Bertz CT molecular complexity index is 339. The Morgan fingerprint density at radius 2 is 2.06 bits per heavy atom. The number of nitrogens with one attached hydrogen (secondary N) is 1. The number of carbonyl (C=O) groups is 1. The summed E-state index contributed by atoms with van der Waals surface area (Å²) in [6.45, 7) is 4.06. The largest absolute Gasteiger partial charge is 0.353 e. The summed E-state index contributed by atoms with van der Waals surface area (Å²) in [5, 5.41) is 3.64. The molecule has 0 aliphatic carbocycles. The second kappa shape index (κ2) is 6.81. The van der Waals surface area contributed by atoms with E-state index in [1.54, 1.807) is 0 Å². The molecular formula is C12H16ClNOS. The highest BCUT2D eigenvalue weighted by molar-refractivity contribution is 8.00. The summed E-state index contributed by atoms with van der Waals surface area (Å²) in [6.07, 6.45) is 0.956. The van der Waals surface area contributed by atoms with E-state index in [0.29, 0.717) is 10.8 Å². The first-order valence-corrected chi connectivity index (χ1v) is 6.66. The third-order valence-electron chi connectivity index (χ3n) is 2.20. The van der Waals surface area contributed by atoms with Crippen LogP contribution in [0.3, 0.4) is 0 Å². The van der Waals surface area contributed by atoms with Gasteiger partial charge < -0.3 is 5.32 Å². The van der Waals surface area contributed by atoms with Crippen LogP contribution in [0.1, 0.15) is 20.3 Å². The smallest absolute Gasteiger partial charge is 0.230 e. The fourth-order valence-corrected chi connectivity index (χ4v) is 1.93. The minimum Gasteiger partial charge on any atom is -0.353 e. The molecule has 0 aliphatic rings. The van der Waals surface area contributed by atoms with Crippen molar-refractivity contribution in [1.82, 2.24) is 5.32 Å². The van der Waals surface area contributed by atoms with Crippen LogP contribution < -0.4 is 5.32 Å². The van der Waals surface area contributed by atoms with Gasteiger partial charge in [-0.05, 0) is 37.6 Å². The Labute approximate surface area is 106 Å². The summed E-state index contributed by atoms with van der Waals surface area (Å²) in [6, 6.07) is 7.75. The van der Waals surface area contributed by atoms with Crippen LogP contribution in [0.4, 0.5) is 0 Å². The van der Waals surface area contributed by atoms with Gasteiger partial charge in [-0.2, -0.15) is 0 Å². The zero-order chi connectivity index (χ0) is 12.0. The molecule has 0 saturated heterocycles. The van der Waals surface area contributed by atoms with Gasteiger partial charge in [0.2, 0.25) is 5.91 Å². The van der Waals surface area contributed by atoms with Gasteiger partial charge in [0.1, 0.15) is 0 Å². The zero-order valence-corrected chi connectivity index (χ0v) is 11.1. The number of hydrogen-bond acceptors (Lipinski definition) is 2. The molecule has 16 heavy (non-hydrogen) atoms. The van der Waals surface area contributed by atoms with E-state index in [2.05, 4.69) is 12.2 Å². The van der Waals surface area contributed by atoms with Crippen LogP contribution in [0, 0.1) is 0 Å². The van der Waals surface area contributed by atoms with Crippen LogP contribution in [0.25, 0.3) is 0 Å². The lowest BCUT2D eigenvalue weighted by molar-refractivity contribution is -0.119. The zero-order valence-electron chi connectivity index (χ0n) is 9.50. The van der Waals surface area contributed by atoms with Gasteiger partial charge in [0.05, 0.1) is 5.75 Å². The van der Waals surface area contributed by atoms with Crippen LogP contribution in [-0.4, -0.2) is 17.7 Å². The van der Waals surface area contributed by atoms with Crippen molar-refractivity contribution in [1.29, 1.82) is 0 Å². The van der Waals surface area contributed by atoms with Crippen LogP contribution in [-0.2, 0) is 4.79 Å². The predicted molar refractivity (Wildman–Crippen MR) is 70.1 cm³/mol. The van der Waals surface area contributed by atoms with Crippen molar-refractivity contribution >= 4 is 29.3 Å². The van der Waals surface area contributed by atoms with Gasteiger partial charge in [0, 0.05) is 16.0 Å². The average molecular weight is 258 g/mol. The highest BCUT2D eigenvalue weighted by Crippen LogP contribution is 2.19. The Morgan fingerprint density at radius 3 is 2.62 bits per heavy atom. The van der Waals surface area contributed by atoms with Gasteiger partial charge in [-0.3, -0.25) is 4.79 Å². The van der Waals surface area contributed by atoms with Gasteiger partial charge in [0.15, 0.2) is 0 Å². The number of benzene rings is 1. The molecule has 1 N–H and O–H groups in total. The Balaban J connectivity index is 2.34. The standard InChI is InChI=1S/C12H16ClNOS/c1-3-9(2)14-12(15)8-16-11-6-4-10(13)5-7-11/h4-7,9H,3,8H2,1-2H3,(H,14,15)/t9-/m0/s1. The Kier molecular flexibility index (Phi) is 5.71. The molecule has 0 bridgehead atoms. The number of amides is 1. The monoisotopic (exact) mass is 257 g/mol. The summed E-state index contributed by atoms with van der Waals surface area (Å²) < 4.78 is 0. The van der Waals surface area contributed by atoms with Crippen molar-refractivity contribution in [2.75, 3.05) is 5.75 Å². The number of thioether (sulfide) groups is 1. The molecule has 1 aromatic rings. The van der Waals surface area contributed by atoms with Crippen molar-refractivity contribution in [3.05, 3.63) is 29.3 Å². The van der Waals surface area contributed by atoms with Crippen LogP contribution in [0.2, 0.25) is 5.02 Å². The maximum atomic E-state index is 11.5. The molecule has 1 amide bonds. The molecule has 1 rings (SSSR count). The molecule has 1 atom stereocenters. The van der Waals surface area contributed by atoms with E-state index < -0.39 is 0 Å². The average Bonchev–Trinajstić information content (AvgIpc) is 2.28. The van der Waals surface area contributed by atoms with E-state index in [0.717, 1.165) is 11.3 Å². The van der Waals surface area contributed by atoms with Gasteiger partial charge in [-0.1, -0.05) is 18.5 Å². The second-order valence-electron chi connectivity index (χ2n) is 3.62. The normalized spacial score (nSPS) is 12.2. The lowest BCUT2D eigenvalue weighted by atomic mass is 10.3. The van der Waals surface area contributed by atoms with E-state index in [-0.39, 0.29) is 11.9 Å². The lowest BCUT2D eigenvalue weighted by Crippen LogP contribution is -2.33. The minimum absolute atomic E-state index is 0.0781.